The average molecular weight is 303 g/mol. The van der Waals surface area contributed by atoms with Crippen molar-refractivity contribution in [1.29, 1.82) is 0 Å². The summed E-state index contributed by atoms with van der Waals surface area (Å²) in [5.74, 6) is 1.37. The molecule has 0 aliphatic heterocycles. The highest BCUT2D eigenvalue weighted by Crippen LogP contribution is 2.17. The first kappa shape index (κ1) is 15.9. The maximum atomic E-state index is 12.1. The van der Waals surface area contributed by atoms with E-state index in [-0.39, 0.29) is 11.9 Å². The van der Waals surface area contributed by atoms with Crippen LogP contribution in [0.15, 0.2) is 36.8 Å². The molecule has 0 unspecified atom stereocenters. The van der Waals surface area contributed by atoms with Crippen LogP contribution in [0, 0.1) is 0 Å². The van der Waals surface area contributed by atoms with Crippen molar-refractivity contribution < 1.29 is 14.3 Å². The summed E-state index contributed by atoms with van der Waals surface area (Å²) in [5.41, 5.74) is 0.554. The molecule has 0 spiro atoms. The molecule has 1 amide bonds. The maximum absolute atomic E-state index is 12.1. The standard InChI is InChI=1S/C16H21N3O3/c1-4-19-11-17-9-15(19)16(20)18-12(2)10-22-14-7-5-13(21-3)6-8-14/h5-9,11-12H,4,10H2,1-3H3,(H,18,20)/t12-/m0/s1. The van der Waals surface area contributed by atoms with Crippen molar-refractivity contribution in [2.24, 2.45) is 0 Å². The number of ether oxygens (including phenoxy) is 2. The molecule has 0 radical (unpaired) electrons. The van der Waals surface area contributed by atoms with E-state index < -0.39 is 0 Å². The number of rotatable bonds is 7. The van der Waals surface area contributed by atoms with Gasteiger partial charge in [0.1, 0.15) is 23.8 Å². The second-order valence-electron chi connectivity index (χ2n) is 4.93. The van der Waals surface area contributed by atoms with Crippen LogP contribution in [0.25, 0.3) is 0 Å². The molecule has 0 saturated carbocycles. The minimum Gasteiger partial charge on any atom is -0.497 e. The first-order valence-electron chi connectivity index (χ1n) is 7.22. The van der Waals surface area contributed by atoms with Gasteiger partial charge in [-0.05, 0) is 38.1 Å². The van der Waals surface area contributed by atoms with E-state index in [4.69, 9.17) is 9.47 Å². The number of benzene rings is 1. The summed E-state index contributed by atoms with van der Waals surface area (Å²) >= 11 is 0. The zero-order chi connectivity index (χ0) is 15.9. The highest BCUT2D eigenvalue weighted by molar-refractivity contribution is 5.92. The number of amides is 1. The monoisotopic (exact) mass is 303 g/mol. The SMILES string of the molecule is CCn1cncc1C(=O)N[C@@H](C)COc1ccc(OC)cc1. The molecule has 0 fully saturated rings. The fraction of sp³-hybridized carbons (Fsp3) is 0.375. The molecule has 6 heteroatoms. The van der Waals surface area contributed by atoms with Crippen LogP contribution in [0.5, 0.6) is 11.5 Å². The van der Waals surface area contributed by atoms with Crippen LogP contribution in [-0.2, 0) is 6.54 Å². The van der Waals surface area contributed by atoms with E-state index in [2.05, 4.69) is 10.3 Å². The molecule has 0 saturated heterocycles. The summed E-state index contributed by atoms with van der Waals surface area (Å²) in [6.45, 7) is 4.96. The summed E-state index contributed by atoms with van der Waals surface area (Å²) in [5, 5.41) is 2.90. The number of aromatic nitrogens is 2. The fourth-order valence-corrected chi connectivity index (χ4v) is 1.99. The second-order valence-corrected chi connectivity index (χ2v) is 4.93. The third-order valence-electron chi connectivity index (χ3n) is 3.22. The van der Waals surface area contributed by atoms with Crippen LogP contribution in [-0.4, -0.2) is 35.2 Å². The normalized spacial score (nSPS) is 11.8. The Morgan fingerprint density at radius 3 is 2.64 bits per heavy atom. The number of carbonyl (C=O) groups is 1. The zero-order valence-electron chi connectivity index (χ0n) is 13.1. The van der Waals surface area contributed by atoms with Gasteiger partial charge >= 0.3 is 0 Å². The first-order chi connectivity index (χ1) is 10.6. The van der Waals surface area contributed by atoms with Gasteiger partial charge in [-0.2, -0.15) is 0 Å². The van der Waals surface area contributed by atoms with Crippen LogP contribution in [0.3, 0.4) is 0 Å². The summed E-state index contributed by atoms with van der Waals surface area (Å²) in [6.07, 6.45) is 3.21. The number of methoxy groups -OCH3 is 1. The Hall–Kier alpha value is -2.50. The Labute approximate surface area is 130 Å². The van der Waals surface area contributed by atoms with Gasteiger partial charge in [0.15, 0.2) is 0 Å². The molecule has 0 bridgehead atoms. The Morgan fingerprint density at radius 1 is 1.32 bits per heavy atom. The van der Waals surface area contributed by atoms with E-state index in [9.17, 15) is 4.79 Å². The van der Waals surface area contributed by atoms with Crippen molar-refractivity contribution >= 4 is 5.91 Å². The number of nitrogens with one attached hydrogen (secondary N) is 1. The molecule has 1 atom stereocenters. The van der Waals surface area contributed by atoms with Gasteiger partial charge in [0, 0.05) is 6.54 Å². The lowest BCUT2D eigenvalue weighted by molar-refractivity contribution is 0.0917. The van der Waals surface area contributed by atoms with E-state index >= 15 is 0 Å². The quantitative estimate of drug-likeness (QED) is 0.851. The van der Waals surface area contributed by atoms with Gasteiger partial charge < -0.3 is 19.4 Å². The van der Waals surface area contributed by atoms with E-state index in [1.165, 1.54) is 0 Å². The Balaban J connectivity index is 1.84. The predicted molar refractivity (Wildman–Crippen MR) is 83.3 cm³/mol. The van der Waals surface area contributed by atoms with Crippen molar-refractivity contribution in [3.63, 3.8) is 0 Å². The molecule has 2 rings (SSSR count). The third kappa shape index (κ3) is 4.00. The zero-order valence-corrected chi connectivity index (χ0v) is 13.1. The minimum atomic E-state index is -0.148. The number of imidazole rings is 1. The molecular formula is C16H21N3O3. The Bertz CT molecular complexity index is 607. The molecule has 1 aromatic carbocycles. The Kier molecular flexibility index (Phi) is 5.41. The van der Waals surface area contributed by atoms with E-state index in [0.29, 0.717) is 18.8 Å². The summed E-state index contributed by atoms with van der Waals surface area (Å²) in [7, 11) is 1.62. The second kappa shape index (κ2) is 7.49. The third-order valence-corrected chi connectivity index (χ3v) is 3.22. The largest absolute Gasteiger partial charge is 0.497 e. The van der Waals surface area contributed by atoms with E-state index in [0.717, 1.165) is 11.5 Å². The molecule has 6 nitrogen and oxygen atoms in total. The lowest BCUT2D eigenvalue weighted by Crippen LogP contribution is -2.37. The van der Waals surface area contributed by atoms with Gasteiger partial charge in [0.25, 0.3) is 5.91 Å². The van der Waals surface area contributed by atoms with Gasteiger partial charge in [-0.1, -0.05) is 0 Å². The molecule has 2 aromatic rings. The van der Waals surface area contributed by atoms with Gasteiger partial charge in [-0.15, -0.1) is 0 Å². The molecule has 0 aliphatic carbocycles. The van der Waals surface area contributed by atoms with Crippen molar-refractivity contribution in [3.8, 4) is 11.5 Å². The van der Waals surface area contributed by atoms with Crippen LogP contribution in [0.1, 0.15) is 24.3 Å². The molecule has 0 aliphatic rings. The number of hydrogen-bond donors (Lipinski definition) is 1. The lowest BCUT2D eigenvalue weighted by atomic mass is 10.3. The molecule has 118 valence electrons. The first-order valence-corrected chi connectivity index (χ1v) is 7.22. The number of carbonyl (C=O) groups excluding carboxylic acids is 1. The summed E-state index contributed by atoms with van der Waals surface area (Å²) < 4.78 is 12.5. The van der Waals surface area contributed by atoms with E-state index in [1.807, 2.05) is 38.1 Å². The fourth-order valence-electron chi connectivity index (χ4n) is 1.99. The van der Waals surface area contributed by atoms with Gasteiger partial charge in [0.05, 0.1) is 25.7 Å². The summed E-state index contributed by atoms with van der Waals surface area (Å²) in [6, 6.07) is 7.21. The Morgan fingerprint density at radius 2 is 2.00 bits per heavy atom. The van der Waals surface area contributed by atoms with Gasteiger partial charge in [-0.3, -0.25) is 4.79 Å². The van der Waals surface area contributed by atoms with Crippen molar-refractivity contribution in [1.82, 2.24) is 14.9 Å². The number of nitrogens with zero attached hydrogens (tertiary/aromatic N) is 2. The van der Waals surface area contributed by atoms with Crippen LogP contribution in [0.4, 0.5) is 0 Å². The van der Waals surface area contributed by atoms with Crippen LogP contribution in [0.2, 0.25) is 0 Å². The van der Waals surface area contributed by atoms with Gasteiger partial charge in [-0.25, -0.2) is 4.98 Å². The lowest BCUT2D eigenvalue weighted by Gasteiger charge is -2.15. The van der Waals surface area contributed by atoms with Crippen molar-refractivity contribution in [3.05, 3.63) is 42.5 Å². The number of aryl methyl sites for hydroxylation is 1. The smallest absolute Gasteiger partial charge is 0.269 e. The molecule has 1 aromatic heterocycles. The molecule has 1 N–H and O–H groups in total. The predicted octanol–water partition coefficient (Wildman–Crippen LogP) is 2.11. The molecule has 1 heterocycles. The van der Waals surface area contributed by atoms with Crippen LogP contribution < -0.4 is 14.8 Å². The highest BCUT2D eigenvalue weighted by atomic mass is 16.5. The minimum absolute atomic E-state index is 0.116. The summed E-state index contributed by atoms with van der Waals surface area (Å²) in [4.78, 5) is 16.1. The van der Waals surface area contributed by atoms with E-state index in [1.54, 1.807) is 24.2 Å². The van der Waals surface area contributed by atoms with Crippen LogP contribution >= 0.6 is 0 Å². The van der Waals surface area contributed by atoms with Gasteiger partial charge in [0.2, 0.25) is 0 Å². The highest BCUT2D eigenvalue weighted by Gasteiger charge is 2.14. The topological polar surface area (TPSA) is 65.4 Å². The molecule has 22 heavy (non-hydrogen) atoms. The molecular weight excluding hydrogens is 282 g/mol. The maximum Gasteiger partial charge on any atom is 0.269 e. The van der Waals surface area contributed by atoms with Crippen molar-refractivity contribution in [2.75, 3.05) is 13.7 Å². The average Bonchev–Trinajstić information content (AvgIpc) is 3.02. The number of hydrogen-bond acceptors (Lipinski definition) is 4. The van der Waals surface area contributed by atoms with Crippen molar-refractivity contribution in [2.45, 2.75) is 26.4 Å².